The van der Waals surface area contributed by atoms with Crippen molar-refractivity contribution < 1.29 is 13.5 Å². The van der Waals surface area contributed by atoms with Gasteiger partial charge in [-0.1, -0.05) is 0 Å². The fourth-order valence-electron chi connectivity index (χ4n) is 1.33. The zero-order valence-electron chi connectivity index (χ0n) is 9.39. The molecule has 0 aliphatic heterocycles. The fraction of sp³-hybridized carbons (Fsp3) is 0.455. The minimum absolute atomic E-state index is 0.0456. The van der Waals surface area contributed by atoms with Crippen LogP contribution < -0.4 is 11.1 Å². The van der Waals surface area contributed by atoms with Crippen LogP contribution in [0.4, 0.5) is 20.2 Å². The van der Waals surface area contributed by atoms with Crippen LogP contribution in [0.3, 0.4) is 0 Å². The third-order valence-electron chi connectivity index (χ3n) is 2.13. The topological polar surface area (TPSA) is 47.3 Å². The molecule has 0 saturated carbocycles. The van der Waals surface area contributed by atoms with Crippen LogP contribution in [-0.4, -0.2) is 19.3 Å². The first-order chi connectivity index (χ1) is 7.54. The van der Waals surface area contributed by atoms with E-state index in [2.05, 4.69) is 5.32 Å². The summed E-state index contributed by atoms with van der Waals surface area (Å²) in [6, 6.07) is 1.92. The molecule has 1 aromatic carbocycles. The highest BCUT2D eigenvalue weighted by Gasteiger charge is 2.09. The standard InChI is InChI=1S/C11H16F2N2O/c1-3-16-7(2)6-15-10-5-8(12)4-9(13)11(10)14/h4-5,7,15H,3,6,14H2,1-2H3. The maximum atomic E-state index is 13.1. The number of nitrogens with two attached hydrogens (primary N) is 1. The Bertz CT molecular complexity index is 358. The molecule has 1 unspecified atom stereocenters. The van der Waals surface area contributed by atoms with Crippen molar-refractivity contribution in [3.05, 3.63) is 23.8 Å². The molecular weight excluding hydrogens is 214 g/mol. The van der Waals surface area contributed by atoms with Crippen molar-refractivity contribution in [2.75, 3.05) is 24.2 Å². The molecule has 1 atom stereocenters. The minimum atomic E-state index is -0.758. The normalized spacial score (nSPS) is 12.5. The quantitative estimate of drug-likeness (QED) is 0.763. The molecule has 16 heavy (non-hydrogen) atoms. The van der Waals surface area contributed by atoms with E-state index in [0.717, 1.165) is 12.1 Å². The van der Waals surface area contributed by atoms with Crippen molar-refractivity contribution in [2.45, 2.75) is 20.0 Å². The lowest BCUT2D eigenvalue weighted by atomic mass is 10.2. The summed E-state index contributed by atoms with van der Waals surface area (Å²) in [4.78, 5) is 0. The monoisotopic (exact) mass is 230 g/mol. The van der Waals surface area contributed by atoms with Gasteiger partial charge in [0, 0.05) is 19.2 Å². The molecule has 0 aliphatic carbocycles. The molecule has 1 rings (SSSR count). The van der Waals surface area contributed by atoms with Crippen LogP contribution in [0.5, 0.6) is 0 Å². The van der Waals surface area contributed by atoms with Crippen LogP contribution in [-0.2, 0) is 4.74 Å². The highest BCUT2D eigenvalue weighted by molar-refractivity contribution is 5.66. The molecule has 3 nitrogen and oxygen atoms in total. The van der Waals surface area contributed by atoms with Gasteiger partial charge < -0.3 is 15.8 Å². The lowest BCUT2D eigenvalue weighted by Crippen LogP contribution is -2.20. The third-order valence-corrected chi connectivity index (χ3v) is 2.13. The maximum Gasteiger partial charge on any atom is 0.151 e. The van der Waals surface area contributed by atoms with Gasteiger partial charge in [0.05, 0.1) is 17.5 Å². The van der Waals surface area contributed by atoms with Gasteiger partial charge in [-0.05, 0) is 19.9 Å². The smallest absolute Gasteiger partial charge is 0.151 e. The van der Waals surface area contributed by atoms with E-state index in [9.17, 15) is 8.78 Å². The summed E-state index contributed by atoms with van der Waals surface area (Å²) in [5, 5.41) is 2.85. The van der Waals surface area contributed by atoms with Gasteiger partial charge >= 0.3 is 0 Å². The van der Waals surface area contributed by atoms with Gasteiger partial charge in [-0.3, -0.25) is 0 Å². The molecule has 0 heterocycles. The summed E-state index contributed by atoms with van der Waals surface area (Å²) in [6.07, 6.45) is -0.0456. The van der Waals surface area contributed by atoms with E-state index in [0.29, 0.717) is 13.2 Å². The van der Waals surface area contributed by atoms with E-state index in [1.807, 2.05) is 13.8 Å². The summed E-state index contributed by atoms with van der Waals surface area (Å²) in [5.41, 5.74) is 5.64. The van der Waals surface area contributed by atoms with Crippen molar-refractivity contribution in [3.8, 4) is 0 Å². The largest absolute Gasteiger partial charge is 0.395 e. The molecule has 0 spiro atoms. The van der Waals surface area contributed by atoms with Gasteiger partial charge in [0.1, 0.15) is 5.82 Å². The molecule has 0 amide bonds. The molecular formula is C11H16F2N2O. The number of nitrogens with one attached hydrogen (secondary N) is 1. The molecule has 0 fully saturated rings. The van der Waals surface area contributed by atoms with E-state index in [4.69, 9.17) is 10.5 Å². The summed E-state index contributed by atoms with van der Waals surface area (Å²) < 4.78 is 31.3. The Morgan fingerprint density at radius 2 is 2.12 bits per heavy atom. The van der Waals surface area contributed by atoms with Gasteiger partial charge in [-0.2, -0.15) is 0 Å². The highest BCUT2D eigenvalue weighted by atomic mass is 19.1. The van der Waals surface area contributed by atoms with Crippen LogP contribution in [0.15, 0.2) is 12.1 Å². The van der Waals surface area contributed by atoms with Crippen LogP contribution in [0.1, 0.15) is 13.8 Å². The Hall–Kier alpha value is -1.36. The number of nitrogen functional groups attached to an aromatic ring is 1. The third kappa shape index (κ3) is 3.34. The predicted molar refractivity (Wildman–Crippen MR) is 60.3 cm³/mol. The molecule has 5 heteroatoms. The van der Waals surface area contributed by atoms with E-state index < -0.39 is 11.6 Å². The SMILES string of the molecule is CCOC(C)CNc1cc(F)cc(F)c1N. The summed E-state index contributed by atoms with van der Waals surface area (Å²) >= 11 is 0. The number of ether oxygens (including phenoxy) is 1. The molecule has 1 aromatic rings. The summed E-state index contributed by atoms with van der Waals surface area (Å²) in [7, 11) is 0. The summed E-state index contributed by atoms with van der Waals surface area (Å²) in [6.45, 7) is 4.78. The molecule has 90 valence electrons. The Kier molecular flexibility index (Phi) is 4.49. The molecule has 0 aliphatic rings. The second-order valence-electron chi connectivity index (χ2n) is 3.50. The average molecular weight is 230 g/mol. The summed E-state index contributed by atoms with van der Waals surface area (Å²) in [5.74, 6) is -1.41. The van der Waals surface area contributed by atoms with E-state index in [1.165, 1.54) is 0 Å². The predicted octanol–water partition coefficient (Wildman–Crippen LogP) is 2.38. The Morgan fingerprint density at radius 3 is 2.75 bits per heavy atom. The average Bonchev–Trinajstić information content (AvgIpc) is 2.21. The molecule has 0 radical (unpaired) electrons. The Balaban J connectivity index is 2.66. The number of anilines is 2. The minimum Gasteiger partial charge on any atom is -0.395 e. The van der Waals surface area contributed by atoms with E-state index in [1.54, 1.807) is 0 Å². The Morgan fingerprint density at radius 1 is 1.44 bits per heavy atom. The molecule has 0 aromatic heterocycles. The van der Waals surface area contributed by atoms with Crippen LogP contribution in [0, 0.1) is 11.6 Å². The Labute approximate surface area is 93.6 Å². The number of benzene rings is 1. The lowest BCUT2D eigenvalue weighted by Gasteiger charge is -2.15. The second-order valence-corrected chi connectivity index (χ2v) is 3.50. The van der Waals surface area contributed by atoms with E-state index >= 15 is 0 Å². The van der Waals surface area contributed by atoms with Crippen LogP contribution in [0.25, 0.3) is 0 Å². The number of halogens is 2. The highest BCUT2D eigenvalue weighted by Crippen LogP contribution is 2.23. The van der Waals surface area contributed by atoms with Crippen molar-refractivity contribution >= 4 is 11.4 Å². The van der Waals surface area contributed by atoms with Crippen molar-refractivity contribution in [1.29, 1.82) is 0 Å². The molecule has 3 N–H and O–H groups in total. The zero-order valence-corrected chi connectivity index (χ0v) is 9.39. The maximum absolute atomic E-state index is 13.1. The van der Waals surface area contributed by atoms with Crippen molar-refractivity contribution in [2.24, 2.45) is 0 Å². The van der Waals surface area contributed by atoms with E-state index in [-0.39, 0.29) is 17.5 Å². The van der Waals surface area contributed by atoms with Crippen LogP contribution >= 0.6 is 0 Å². The number of rotatable bonds is 5. The van der Waals surface area contributed by atoms with Gasteiger partial charge in [0.15, 0.2) is 5.82 Å². The number of hydrogen-bond acceptors (Lipinski definition) is 3. The lowest BCUT2D eigenvalue weighted by molar-refractivity contribution is 0.0855. The van der Waals surface area contributed by atoms with Gasteiger partial charge in [0.25, 0.3) is 0 Å². The fourth-order valence-corrected chi connectivity index (χ4v) is 1.33. The van der Waals surface area contributed by atoms with Gasteiger partial charge in [0.2, 0.25) is 0 Å². The first-order valence-corrected chi connectivity index (χ1v) is 5.14. The molecule has 0 bridgehead atoms. The molecule has 0 saturated heterocycles. The van der Waals surface area contributed by atoms with Crippen molar-refractivity contribution in [3.63, 3.8) is 0 Å². The first-order valence-electron chi connectivity index (χ1n) is 5.14. The number of hydrogen-bond donors (Lipinski definition) is 2. The van der Waals surface area contributed by atoms with Gasteiger partial charge in [-0.15, -0.1) is 0 Å². The van der Waals surface area contributed by atoms with Crippen molar-refractivity contribution in [1.82, 2.24) is 0 Å². The zero-order chi connectivity index (χ0) is 12.1. The second kappa shape index (κ2) is 5.65. The van der Waals surface area contributed by atoms with Gasteiger partial charge in [-0.25, -0.2) is 8.78 Å². The van der Waals surface area contributed by atoms with Crippen LogP contribution in [0.2, 0.25) is 0 Å². The first kappa shape index (κ1) is 12.7.